The number of rotatable bonds is 9. The lowest BCUT2D eigenvalue weighted by Crippen LogP contribution is -2.41. The molecule has 0 N–H and O–H groups in total. The molecule has 12 heteroatoms. The summed E-state index contributed by atoms with van der Waals surface area (Å²) >= 11 is 0. The van der Waals surface area contributed by atoms with E-state index in [1.807, 2.05) is 6.07 Å². The zero-order valence-electron chi connectivity index (χ0n) is 26.8. The molecule has 0 unspecified atom stereocenters. The van der Waals surface area contributed by atoms with Gasteiger partial charge in [0.15, 0.2) is 24.2 Å². The first kappa shape index (κ1) is 31.6. The molecule has 1 aliphatic heterocycles. The Morgan fingerprint density at radius 3 is 1.92 bits per heavy atom. The molecule has 0 spiro atoms. The summed E-state index contributed by atoms with van der Waals surface area (Å²) in [6.07, 6.45) is -0.149. The van der Waals surface area contributed by atoms with Crippen molar-refractivity contribution in [2.75, 3.05) is 6.61 Å². The van der Waals surface area contributed by atoms with E-state index < -0.39 is 42.4 Å². The fourth-order valence-electron chi connectivity index (χ4n) is 6.20. The Kier molecular flexibility index (Phi) is 8.48. The van der Waals surface area contributed by atoms with Gasteiger partial charge >= 0.3 is 17.9 Å². The first-order valence-corrected chi connectivity index (χ1v) is 16.1. The zero-order chi connectivity index (χ0) is 34.7. The van der Waals surface area contributed by atoms with Crippen LogP contribution in [-0.2, 0) is 18.9 Å². The lowest BCUT2D eigenvalue weighted by atomic mass is 10.1. The Bertz CT molecular complexity index is 2330. The maximum Gasteiger partial charge on any atom is 0.338 e. The molecule has 5 heterocycles. The van der Waals surface area contributed by atoms with Crippen molar-refractivity contribution in [1.82, 2.24) is 19.5 Å². The normalized spacial score (nSPS) is 18.4. The minimum absolute atomic E-state index is 0.269. The van der Waals surface area contributed by atoms with Crippen LogP contribution in [-0.4, -0.2) is 62.3 Å². The Balaban J connectivity index is 1.26. The van der Waals surface area contributed by atoms with E-state index in [0.717, 1.165) is 0 Å². The lowest BCUT2D eigenvalue weighted by molar-refractivity contribution is -0.0588. The van der Waals surface area contributed by atoms with Gasteiger partial charge in [-0.1, -0.05) is 54.6 Å². The topological polar surface area (TPSA) is 145 Å². The van der Waals surface area contributed by atoms with Gasteiger partial charge in [0.1, 0.15) is 35.9 Å². The van der Waals surface area contributed by atoms with Gasteiger partial charge in [-0.15, -0.1) is 0 Å². The lowest BCUT2D eigenvalue weighted by Gasteiger charge is -2.25. The number of furan rings is 1. The molecule has 7 aromatic rings. The van der Waals surface area contributed by atoms with Gasteiger partial charge in [0.2, 0.25) is 0 Å². The van der Waals surface area contributed by atoms with Gasteiger partial charge in [0, 0.05) is 6.20 Å². The molecule has 1 saturated heterocycles. The molecule has 252 valence electrons. The number of esters is 3. The fraction of sp³-hybridized carbons (Fsp3) is 0.128. The predicted molar refractivity (Wildman–Crippen MR) is 182 cm³/mol. The molecule has 4 atom stereocenters. The highest BCUT2D eigenvalue weighted by Gasteiger charge is 2.52. The maximum absolute atomic E-state index is 13.7. The SMILES string of the molecule is O=C(OC[C@H]1O[C@@H](n2c3cccnc3c3c(-c4ccco4)ncnc32)[C@H](OC(=O)c2ccccc2)[C@@H]1OC(=O)c1ccccc1)c1ccccc1. The minimum atomic E-state index is -1.26. The van der Waals surface area contributed by atoms with Crippen LogP contribution in [0.15, 0.2) is 138 Å². The van der Waals surface area contributed by atoms with Crippen LogP contribution in [0.5, 0.6) is 0 Å². The van der Waals surface area contributed by atoms with E-state index in [-0.39, 0.29) is 17.7 Å². The number of hydrogen-bond acceptors (Lipinski definition) is 11. The van der Waals surface area contributed by atoms with E-state index in [4.69, 9.17) is 23.4 Å². The molecule has 0 amide bonds. The fourth-order valence-corrected chi connectivity index (χ4v) is 6.20. The van der Waals surface area contributed by atoms with Gasteiger partial charge in [0.05, 0.1) is 33.9 Å². The Hall–Kier alpha value is -6.66. The standard InChI is InChI=1S/C39H28N4O8/c44-37(24-12-4-1-5-13-24)48-22-29-33(50-38(45)25-14-6-2-7-15-25)34(51-39(46)26-16-8-3-9-17-26)36(49-29)43-27-18-10-20-40-31(27)30-32(28-19-11-21-47-28)41-23-42-35(30)43/h1-21,23,29,33-34,36H,22H2/t29-,33-,34-,36-/m1/s1. The minimum Gasteiger partial charge on any atom is -0.463 e. The van der Waals surface area contributed by atoms with Gasteiger partial charge in [-0.3, -0.25) is 9.55 Å². The van der Waals surface area contributed by atoms with Crippen LogP contribution in [0.2, 0.25) is 0 Å². The molecule has 12 nitrogen and oxygen atoms in total. The van der Waals surface area contributed by atoms with Crippen LogP contribution in [0.4, 0.5) is 0 Å². The molecule has 0 radical (unpaired) electrons. The number of carbonyl (C=O) groups excluding carboxylic acids is 3. The number of ether oxygens (including phenoxy) is 4. The molecule has 8 rings (SSSR count). The summed E-state index contributed by atoms with van der Waals surface area (Å²) < 4.78 is 32.2. The first-order chi connectivity index (χ1) is 25.1. The highest BCUT2D eigenvalue weighted by molar-refractivity contribution is 6.10. The summed E-state index contributed by atoms with van der Waals surface area (Å²) in [5.41, 5.74) is 2.86. The smallest absolute Gasteiger partial charge is 0.338 e. The van der Waals surface area contributed by atoms with Crippen molar-refractivity contribution in [3.8, 4) is 11.5 Å². The van der Waals surface area contributed by atoms with Crippen molar-refractivity contribution in [2.24, 2.45) is 0 Å². The third kappa shape index (κ3) is 6.08. The number of hydrogen-bond donors (Lipinski definition) is 0. The average molecular weight is 681 g/mol. The molecular weight excluding hydrogens is 652 g/mol. The van der Waals surface area contributed by atoms with Crippen LogP contribution >= 0.6 is 0 Å². The predicted octanol–water partition coefficient (Wildman–Crippen LogP) is 6.45. The summed E-state index contributed by atoms with van der Waals surface area (Å²) in [6, 6.07) is 32.4. The van der Waals surface area contributed by atoms with Gasteiger partial charge in [-0.05, 0) is 60.7 Å². The average Bonchev–Trinajstić information content (AvgIpc) is 3.92. The highest BCUT2D eigenvalue weighted by atomic mass is 16.7. The van der Waals surface area contributed by atoms with Crippen molar-refractivity contribution < 1.29 is 37.7 Å². The van der Waals surface area contributed by atoms with Crippen molar-refractivity contribution in [1.29, 1.82) is 0 Å². The molecule has 0 aliphatic carbocycles. The van der Waals surface area contributed by atoms with Crippen LogP contribution in [0.3, 0.4) is 0 Å². The quantitative estimate of drug-likeness (QED) is 0.123. The van der Waals surface area contributed by atoms with Gasteiger partial charge in [-0.25, -0.2) is 24.4 Å². The zero-order valence-corrected chi connectivity index (χ0v) is 26.8. The highest BCUT2D eigenvalue weighted by Crippen LogP contribution is 2.42. The molecule has 0 bridgehead atoms. The third-order valence-electron chi connectivity index (χ3n) is 8.53. The third-order valence-corrected chi connectivity index (χ3v) is 8.53. The van der Waals surface area contributed by atoms with E-state index in [1.165, 1.54) is 6.33 Å². The summed E-state index contributed by atoms with van der Waals surface area (Å²) in [5, 5.41) is 0.566. The van der Waals surface area contributed by atoms with Gasteiger partial charge in [-0.2, -0.15) is 0 Å². The maximum atomic E-state index is 13.7. The summed E-state index contributed by atoms with van der Waals surface area (Å²) in [7, 11) is 0. The van der Waals surface area contributed by atoms with E-state index in [9.17, 15) is 14.4 Å². The number of benzene rings is 3. The van der Waals surface area contributed by atoms with Crippen molar-refractivity contribution >= 4 is 40.0 Å². The largest absolute Gasteiger partial charge is 0.463 e. The first-order valence-electron chi connectivity index (χ1n) is 16.1. The Morgan fingerprint density at radius 2 is 1.29 bits per heavy atom. The molecule has 1 fully saturated rings. The molecule has 51 heavy (non-hydrogen) atoms. The van der Waals surface area contributed by atoms with Gasteiger partial charge in [0.25, 0.3) is 0 Å². The Morgan fingerprint density at radius 1 is 0.667 bits per heavy atom. The van der Waals surface area contributed by atoms with E-state index >= 15 is 0 Å². The van der Waals surface area contributed by atoms with Crippen LogP contribution in [0, 0.1) is 0 Å². The van der Waals surface area contributed by atoms with Crippen LogP contribution in [0.1, 0.15) is 37.3 Å². The molecule has 3 aromatic carbocycles. The summed E-state index contributed by atoms with van der Waals surface area (Å²) in [5.74, 6) is -1.48. The number of fused-ring (bicyclic) bond motifs is 3. The Labute approximate surface area is 290 Å². The van der Waals surface area contributed by atoms with E-state index in [2.05, 4.69) is 15.0 Å². The number of carbonyl (C=O) groups is 3. The van der Waals surface area contributed by atoms with Crippen LogP contribution in [0.25, 0.3) is 33.5 Å². The van der Waals surface area contributed by atoms with Crippen molar-refractivity contribution in [3.05, 3.63) is 151 Å². The monoisotopic (exact) mass is 680 g/mol. The summed E-state index contributed by atoms with van der Waals surface area (Å²) in [6.45, 7) is -0.335. The van der Waals surface area contributed by atoms with Gasteiger partial charge < -0.3 is 23.4 Å². The van der Waals surface area contributed by atoms with Crippen molar-refractivity contribution in [2.45, 2.75) is 24.5 Å². The molecule has 4 aromatic heterocycles. The number of pyridine rings is 1. The number of nitrogens with zero attached hydrogens (tertiary/aromatic N) is 4. The van der Waals surface area contributed by atoms with E-state index in [1.54, 1.807) is 126 Å². The second-order valence-corrected chi connectivity index (χ2v) is 11.6. The van der Waals surface area contributed by atoms with Crippen molar-refractivity contribution in [3.63, 3.8) is 0 Å². The van der Waals surface area contributed by atoms with E-state index in [0.29, 0.717) is 39.1 Å². The van der Waals surface area contributed by atoms with Crippen LogP contribution < -0.4 is 0 Å². The molecule has 1 aliphatic rings. The summed E-state index contributed by atoms with van der Waals surface area (Å²) in [4.78, 5) is 54.3. The molecular formula is C39H28N4O8. The molecule has 0 saturated carbocycles. The second kappa shape index (κ2) is 13.7. The number of aromatic nitrogens is 4. The second-order valence-electron chi connectivity index (χ2n) is 11.6.